The number of aromatic nitrogens is 4. The number of aromatic hydroxyl groups is 1. The van der Waals surface area contributed by atoms with E-state index in [4.69, 9.17) is 0 Å². The van der Waals surface area contributed by atoms with Gasteiger partial charge in [0.1, 0.15) is 5.75 Å². The van der Waals surface area contributed by atoms with Crippen molar-refractivity contribution in [1.29, 1.82) is 0 Å². The van der Waals surface area contributed by atoms with Gasteiger partial charge in [0.15, 0.2) is 0 Å². The maximum atomic E-state index is 11.8. The SMILES string of the molecule is Cn1nnc(NS(=O)(=O)c2cccc(O)c2)n1. The molecule has 0 amide bonds. The number of sulfonamides is 1. The molecule has 0 radical (unpaired) electrons. The number of aryl methyl sites for hydroxylation is 1. The van der Waals surface area contributed by atoms with Gasteiger partial charge in [-0.1, -0.05) is 11.2 Å². The first-order valence-electron chi connectivity index (χ1n) is 4.53. The molecule has 9 heteroatoms. The Bertz CT molecular complexity index is 636. The van der Waals surface area contributed by atoms with Crippen molar-refractivity contribution in [2.45, 2.75) is 4.90 Å². The largest absolute Gasteiger partial charge is 0.508 e. The highest BCUT2D eigenvalue weighted by Crippen LogP contribution is 2.17. The Morgan fingerprint density at radius 3 is 2.76 bits per heavy atom. The van der Waals surface area contributed by atoms with E-state index in [2.05, 4.69) is 20.1 Å². The van der Waals surface area contributed by atoms with Gasteiger partial charge in [-0.25, -0.2) is 13.1 Å². The molecule has 0 saturated carbocycles. The summed E-state index contributed by atoms with van der Waals surface area (Å²) in [7, 11) is -2.30. The molecular formula is C8H9N5O3S. The van der Waals surface area contributed by atoms with Gasteiger partial charge in [-0.15, -0.1) is 5.10 Å². The van der Waals surface area contributed by atoms with Crippen LogP contribution in [0.5, 0.6) is 5.75 Å². The molecule has 0 bridgehead atoms. The molecule has 2 aromatic rings. The predicted octanol–water partition coefficient (Wildman–Crippen LogP) is -0.284. The molecule has 1 aromatic heterocycles. The predicted molar refractivity (Wildman–Crippen MR) is 57.7 cm³/mol. The lowest BCUT2D eigenvalue weighted by Crippen LogP contribution is -2.14. The van der Waals surface area contributed by atoms with Gasteiger partial charge in [0.2, 0.25) is 0 Å². The number of phenols is 1. The number of nitrogens with one attached hydrogen (secondary N) is 1. The van der Waals surface area contributed by atoms with Gasteiger partial charge in [-0.05, 0) is 17.3 Å². The van der Waals surface area contributed by atoms with Gasteiger partial charge >= 0.3 is 0 Å². The zero-order chi connectivity index (χ0) is 12.5. The number of phenolic OH excluding ortho intramolecular Hbond substituents is 1. The number of nitrogens with zero attached hydrogens (tertiary/aromatic N) is 4. The fourth-order valence-electron chi connectivity index (χ4n) is 1.15. The Hall–Kier alpha value is -2.16. The lowest BCUT2D eigenvalue weighted by atomic mass is 10.3. The van der Waals surface area contributed by atoms with Crippen molar-refractivity contribution >= 4 is 16.0 Å². The monoisotopic (exact) mass is 255 g/mol. The summed E-state index contributed by atoms with van der Waals surface area (Å²) in [5.74, 6) is -0.268. The minimum absolute atomic E-state index is 0.0787. The van der Waals surface area contributed by atoms with Crippen molar-refractivity contribution in [2.24, 2.45) is 7.05 Å². The molecular weight excluding hydrogens is 246 g/mol. The van der Waals surface area contributed by atoms with E-state index in [1.807, 2.05) is 0 Å². The van der Waals surface area contributed by atoms with Crippen molar-refractivity contribution in [3.8, 4) is 5.75 Å². The molecule has 1 aromatic carbocycles. The third-order valence-corrected chi connectivity index (χ3v) is 3.19. The second-order valence-electron chi connectivity index (χ2n) is 3.21. The first-order valence-corrected chi connectivity index (χ1v) is 6.01. The summed E-state index contributed by atoms with van der Waals surface area (Å²) in [4.78, 5) is 1.05. The number of hydrogen-bond donors (Lipinski definition) is 2. The van der Waals surface area contributed by atoms with Crippen LogP contribution >= 0.6 is 0 Å². The standard InChI is InChI=1S/C8H9N5O3S/c1-13-10-8(9-12-13)11-17(15,16)7-4-2-3-6(14)5-7/h2-5,14H,1H3,(H,10,11). The highest BCUT2D eigenvalue weighted by Gasteiger charge is 2.16. The summed E-state index contributed by atoms with van der Waals surface area (Å²) in [5.41, 5.74) is 0. The van der Waals surface area contributed by atoms with Crippen LogP contribution in [0.1, 0.15) is 0 Å². The van der Waals surface area contributed by atoms with Crippen LogP contribution in [0, 0.1) is 0 Å². The highest BCUT2D eigenvalue weighted by molar-refractivity contribution is 7.92. The van der Waals surface area contributed by atoms with E-state index in [0.29, 0.717) is 0 Å². The van der Waals surface area contributed by atoms with Crippen LogP contribution in [0.15, 0.2) is 29.2 Å². The number of hydrogen-bond acceptors (Lipinski definition) is 6. The van der Waals surface area contributed by atoms with E-state index >= 15 is 0 Å². The second-order valence-corrected chi connectivity index (χ2v) is 4.89. The molecule has 90 valence electrons. The summed E-state index contributed by atoms with van der Waals surface area (Å²) < 4.78 is 25.8. The minimum Gasteiger partial charge on any atom is -0.508 e. The van der Waals surface area contributed by atoms with E-state index in [1.165, 1.54) is 25.2 Å². The van der Waals surface area contributed by atoms with Crippen LogP contribution < -0.4 is 4.72 Å². The molecule has 0 unspecified atom stereocenters. The second kappa shape index (κ2) is 4.01. The molecule has 0 aliphatic rings. The molecule has 0 spiro atoms. The minimum atomic E-state index is -3.81. The van der Waals surface area contributed by atoms with E-state index in [9.17, 15) is 13.5 Å². The van der Waals surface area contributed by atoms with Crippen molar-refractivity contribution in [3.63, 3.8) is 0 Å². The maximum absolute atomic E-state index is 11.8. The zero-order valence-electron chi connectivity index (χ0n) is 8.77. The fraction of sp³-hybridized carbons (Fsp3) is 0.125. The summed E-state index contributed by atoms with van der Waals surface area (Å²) >= 11 is 0. The van der Waals surface area contributed by atoms with Gasteiger partial charge in [0.25, 0.3) is 16.0 Å². The van der Waals surface area contributed by atoms with Crippen LogP contribution in [0.3, 0.4) is 0 Å². The summed E-state index contributed by atoms with van der Waals surface area (Å²) in [5, 5.41) is 19.9. The third-order valence-electron chi connectivity index (χ3n) is 1.86. The number of benzene rings is 1. The van der Waals surface area contributed by atoms with Gasteiger partial charge in [0, 0.05) is 6.07 Å². The lowest BCUT2D eigenvalue weighted by molar-refractivity contribution is 0.473. The van der Waals surface area contributed by atoms with E-state index < -0.39 is 10.0 Å². The number of anilines is 1. The lowest BCUT2D eigenvalue weighted by Gasteiger charge is -2.03. The van der Waals surface area contributed by atoms with Crippen LogP contribution in [-0.4, -0.2) is 33.7 Å². The molecule has 0 aliphatic carbocycles. The highest BCUT2D eigenvalue weighted by atomic mass is 32.2. The molecule has 0 saturated heterocycles. The fourth-order valence-corrected chi connectivity index (χ4v) is 2.13. The average molecular weight is 255 g/mol. The Morgan fingerprint density at radius 2 is 2.18 bits per heavy atom. The summed E-state index contributed by atoms with van der Waals surface area (Å²) in [6.07, 6.45) is 0. The molecule has 0 fully saturated rings. The van der Waals surface area contributed by atoms with Crippen molar-refractivity contribution in [2.75, 3.05) is 4.72 Å². The molecule has 1 heterocycles. The molecule has 2 N–H and O–H groups in total. The smallest absolute Gasteiger partial charge is 0.277 e. The maximum Gasteiger partial charge on any atom is 0.277 e. The number of rotatable bonds is 3. The van der Waals surface area contributed by atoms with E-state index in [1.54, 1.807) is 0 Å². The van der Waals surface area contributed by atoms with E-state index in [-0.39, 0.29) is 16.6 Å². The van der Waals surface area contributed by atoms with Crippen molar-refractivity contribution in [3.05, 3.63) is 24.3 Å². The molecule has 2 rings (SSSR count). The van der Waals surface area contributed by atoms with Crippen LogP contribution in [-0.2, 0) is 17.1 Å². The van der Waals surface area contributed by atoms with Crippen LogP contribution in [0.25, 0.3) is 0 Å². The summed E-state index contributed by atoms with van der Waals surface area (Å²) in [6.45, 7) is 0. The Morgan fingerprint density at radius 1 is 1.41 bits per heavy atom. The summed E-state index contributed by atoms with van der Waals surface area (Å²) in [6, 6.07) is 5.27. The Balaban J connectivity index is 2.31. The van der Waals surface area contributed by atoms with Crippen molar-refractivity contribution < 1.29 is 13.5 Å². The normalized spacial score (nSPS) is 11.4. The van der Waals surface area contributed by atoms with Crippen molar-refractivity contribution in [1.82, 2.24) is 20.2 Å². The zero-order valence-corrected chi connectivity index (χ0v) is 9.59. The molecule has 8 nitrogen and oxygen atoms in total. The molecule has 17 heavy (non-hydrogen) atoms. The third kappa shape index (κ3) is 2.50. The van der Waals surface area contributed by atoms with Gasteiger partial charge in [-0.3, -0.25) is 0 Å². The molecule has 0 atom stereocenters. The average Bonchev–Trinajstić information content (AvgIpc) is 2.63. The number of tetrazole rings is 1. The Labute approximate surface area is 96.9 Å². The van der Waals surface area contributed by atoms with Gasteiger partial charge in [0.05, 0.1) is 11.9 Å². The van der Waals surface area contributed by atoms with Gasteiger partial charge in [-0.2, -0.15) is 4.80 Å². The first-order chi connectivity index (χ1) is 7.97. The topological polar surface area (TPSA) is 110 Å². The molecule has 0 aliphatic heterocycles. The quantitative estimate of drug-likeness (QED) is 0.780. The van der Waals surface area contributed by atoms with Crippen LogP contribution in [0.4, 0.5) is 5.95 Å². The van der Waals surface area contributed by atoms with Crippen LogP contribution in [0.2, 0.25) is 0 Å². The van der Waals surface area contributed by atoms with Gasteiger partial charge < -0.3 is 5.11 Å². The Kier molecular flexibility index (Phi) is 2.68. The first kappa shape index (κ1) is 11.3. The van der Waals surface area contributed by atoms with E-state index in [0.717, 1.165) is 10.9 Å².